The van der Waals surface area contributed by atoms with Crippen molar-refractivity contribution in [3.63, 3.8) is 0 Å². The monoisotopic (exact) mass is 413 g/mol. The fraction of sp³-hybridized carbons (Fsp3) is 0.364. The van der Waals surface area contributed by atoms with E-state index in [4.69, 9.17) is 9.47 Å². The number of hydrogen-bond acceptors (Lipinski definition) is 5. The van der Waals surface area contributed by atoms with E-state index in [1.807, 2.05) is 12.1 Å². The predicted octanol–water partition coefficient (Wildman–Crippen LogP) is 2.87. The second kappa shape index (κ2) is 9.98. The molecule has 2 aromatic rings. The molecular formula is C22H27N3O5. The first kappa shape index (κ1) is 21.4. The number of aliphatic hydroxyl groups is 1. The Morgan fingerprint density at radius 3 is 2.37 bits per heavy atom. The summed E-state index contributed by atoms with van der Waals surface area (Å²) < 4.78 is 10.5. The summed E-state index contributed by atoms with van der Waals surface area (Å²) in [6, 6.07) is 11.9. The highest BCUT2D eigenvalue weighted by Crippen LogP contribution is 2.34. The van der Waals surface area contributed by atoms with Gasteiger partial charge >= 0.3 is 6.03 Å². The molecule has 1 fully saturated rings. The van der Waals surface area contributed by atoms with Crippen LogP contribution in [0.1, 0.15) is 18.4 Å². The molecule has 0 radical (unpaired) electrons. The highest BCUT2D eigenvalue weighted by atomic mass is 16.5. The third-order valence-corrected chi connectivity index (χ3v) is 5.04. The first-order valence-corrected chi connectivity index (χ1v) is 9.84. The maximum atomic E-state index is 12.4. The smallest absolute Gasteiger partial charge is 0.323 e. The van der Waals surface area contributed by atoms with E-state index >= 15 is 0 Å². The Bertz CT molecular complexity index is 877. The first-order chi connectivity index (χ1) is 14.5. The van der Waals surface area contributed by atoms with Gasteiger partial charge in [0, 0.05) is 18.8 Å². The van der Waals surface area contributed by atoms with Crippen molar-refractivity contribution >= 4 is 23.3 Å². The zero-order valence-corrected chi connectivity index (χ0v) is 17.2. The second-order valence-electron chi connectivity index (χ2n) is 7.11. The molecule has 1 heterocycles. The van der Waals surface area contributed by atoms with Gasteiger partial charge in [0.25, 0.3) is 0 Å². The summed E-state index contributed by atoms with van der Waals surface area (Å²) in [6.07, 6.45) is 1.25. The molecule has 0 saturated carbocycles. The van der Waals surface area contributed by atoms with Gasteiger partial charge in [-0.25, -0.2) is 4.79 Å². The van der Waals surface area contributed by atoms with Crippen molar-refractivity contribution in [1.29, 1.82) is 0 Å². The molecule has 8 heteroatoms. The summed E-state index contributed by atoms with van der Waals surface area (Å²) in [6.45, 7) is 1.18. The fourth-order valence-corrected chi connectivity index (χ4v) is 3.38. The number of nitrogens with one attached hydrogen (secondary N) is 2. The first-order valence-electron chi connectivity index (χ1n) is 9.84. The van der Waals surface area contributed by atoms with E-state index in [0.717, 1.165) is 5.56 Å². The van der Waals surface area contributed by atoms with Crippen molar-refractivity contribution < 1.29 is 24.2 Å². The number of piperidine rings is 1. The molecule has 3 rings (SSSR count). The van der Waals surface area contributed by atoms with Gasteiger partial charge in [-0.1, -0.05) is 18.2 Å². The topological polar surface area (TPSA) is 100 Å². The molecule has 8 nitrogen and oxygen atoms in total. The van der Waals surface area contributed by atoms with E-state index in [1.54, 1.807) is 35.2 Å². The van der Waals surface area contributed by atoms with E-state index in [-0.39, 0.29) is 12.0 Å². The molecule has 30 heavy (non-hydrogen) atoms. The lowest BCUT2D eigenvalue weighted by atomic mass is 10.1. The van der Waals surface area contributed by atoms with Crippen molar-refractivity contribution in [2.45, 2.75) is 25.4 Å². The Labute approximate surface area is 175 Å². The molecule has 0 aliphatic carbocycles. The lowest BCUT2D eigenvalue weighted by Crippen LogP contribution is -2.40. The number of nitrogens with zero attached hydrogens (tertiary/aromatic N) is 1. The fourth-order valence-electron chi connectivity index (χ4n) is 3.38. The second-order valence-corrected chi connectivity index (χ2v) is 7.11. The van der Waals surface area contributed by atoms with Crippen molar-refractivity contribution in [2.75, 3.05) is 37.9 Å². The summed E-state index contributed by atoms with van der Waals surface area (Å²) >= 11 is 0. The van der Waals surface area contributed by atoms with Crippen LogP contribution in [0, 0.1) is 0 Å². The molecule has 1 aliphatic rings. The van der Waals surface area contributed by atoms with Gasteiger partial charge in [-0.2, -0.15) is 0 Å². The van der Waals surface area contributed by atoms with Gasteiger partial charge in [-0.15, -0.1) is 0 Å². The van der Waals surface area contributed by atoms with E-state index < -0.39 is 6.03 Å². The molecule has 1 aliphatic heterocycles. The number of rotatable bonds is 6. The van der Waals surface area contributed by atoms with Crippen LogP contribution in [0.15, 0.2) is 42.5 Å². The number of ether oxygens (including phenoxy) is 2. The Hall–Kier alpha value is -3.26. The number of para-hydroxylation sites is 1. The summed E-state index contributed by atoms with van der Waals surface area (Å²) in [7, 11) is 3.04. The van der Waals surface area contributed by atoms with Crippen molar-refractivity contribution in [3.05, 3.63) is 48.0 Å². The zero-order chi connectivity index (χ0) is 21.5. The molecule has 0 bridgehead atoms. The quantitative estimate of drug-likeness (QED) is 0.676. The average molecular weight is 413 g/mol. The number of likely N-dealkylation sites (tertiary alicyclic amines) is 1. The van der Waals surface area contributed by atoms with Gasteiger partial charge in [0.2, 0.25) is 5.91 Å². The maximum Gasteiger partial charge on any atom is 0.323 e. The minimum atomic E-state index is -0.419. The number of carbonyl (C=O) groups excluding carboxylic acids is 2. The molecule has 1 saturated heterocycles. The predicted molar refractivity (Wildman–Crippen MR) is 114 cm³/mol. The Balaban J connectivity index is 1.55. The largest absolute Gasteiger partial charge is 0.493 e. The molecule has 3 amide bonds. The number of benzene rings is 2. The number of anilines is 2. The van der Waals surface area contributed by atoms with Gasteiger partial charge in [-0.05, 0) is 42.7 Å². The van der Waals surface area contributed by atoms with Crippen LogP contribution in [-0.2, 0) is 11.2 Å². The Morgan fingerprint density at radius 1 is 1.03 bits per heavy atom. The van der Waals surface area contributed by atoms with Gasteiger partial charge in [-0.3, -0.25) is 4.79 Å². The summed E-state index contributed by atoms with van der Waals surface area (Å²) in [5, 5.41) is 15.1. The molecule has 0 aromatic heterocycles. The molecule has 0 spiro atoms. The minimum absolute atomic E-state index is 0.0467. The lowest BCUT2D eigenvalue weighted by molar-refractivity contribution is -0.132. The van der Waals surface area contributed by atoms with Crippen LogP contribution >= 0.6 is 0 Å². The van der Waals surface area contributed by atoms with E-state index in [2.05, 4.69) is 10.6 Å². The lowest BCUT2D eigenvalue weighted by Gasteiger charge is -2.29. The summed E-state index contributed by atoms with van der Waals surface area (Å²) in [5.41, 5.74) is 1.96. The van der Waals surface area contributed by atoms with Crippen LogP contribution in [0.4, 0.5) is 16.2 Å². The van der Waals surface area contributed by atoms with Gasteiger partial charge in [0.15, 0.2) is 11.5 Å². The van der Waals surface area contributed by atoms with Crippen LogP contribution in [0.25, 0.3) is 0 Å². The number of hydrogen-bond donors (Lipinski definition) is 3. The average Bonchev–Trinajstić information content (AvgIpc) is 2.75. The number of aliphatic hydroxyl groups excluding tert-OH is 1. The normalized spacial score (nSPS) is 14.2. The highest BCUT2D eigenvalue weighted by Gasteiger charge is 2.21. The maximum absolute atomic E-state index is 12.4. The van der Waals surface area contributed by atoms with Crippen molar-refractivity contribution in [3.8, 4) is 11.5 Å². The third-order valence-electron chi connectivity index (χ3n) is 5.04. The number of amides is 3. The number of methoxy groups -OCH3 is 2. The Morgan fingerprint density at radius 2 is 1.73 bits per heavy atom. The summed E-state index contributed by atoms with van der Waals surface area (Å²) in [4.78, 5) is 26.5. The van der Waals surface area contributed by atoms with Crippen LogP contribution < -0.4 is 20.1 Å². The number of urea groups is 1. The van der Waals surface area contributed by atoms with Gasteiger partial charge < -0.3 is 30.1 Å². The standard InChI is InChI=1S/C22H27N3O5/c1-29-19-5-3-4-18(21(19)30-2)24-22(28)23-16-8-6-15(7-9-16)14-20(27)25-12-10-17(26)11-13-25/h3-9,17,26H,10-14H2,1-2H3,(H2,23,24,28). The molecule has 0 atom stereocenters. The van der Waals surface area contributed by atoms with Crippen LogP contribution in [-0.4, -0.2) is 55.4 Å². The number of carbonyl (C=O) groups is 2. The van der Waals surface area contributed by atoms with Gasteiger partial charge in [0.05, 0.1) is 32.4 Å². The highest BCUT2D eigenvalue weighted by molar-refractivity contribution is 6.01. The SMILES string of the molecule is COc1cccc(NC(=O)Nc2ccc(CC(=O)N3CCC(O)CC3)cc2)c1OC. The third kappa shape index (κ3) is 5.42. The molecule has 0 unspecified atom stereocenters. The van der Waals surface area contributed by atoms with Crippen molar-refractivity contribution in [2.24, 2.45) is 0 Å². The van der Waals surface area contributed by atoms with Crippen LogP contribution in [0.2, 0.25) is 0 Å². The molecule has 160 valence electrons. The van der Waals surface area contributed by atoms with E-state index in [1.165, 1.54) is 14.2 Å². The molecular weight excluding hydrogens is 386 g/mol. The van der Waals surface area contributed by atoms with Crippen molar-refractivity contribution in [1.82, 2.24) is 4.90 Å². The van der Waals surface area contributed by atoms with E-state index in [0.29, 0.717) is 55.2 Å². The van der Waals surface area contributed by atoms with Crippen LogP contribution in [0.3, 0.4) is 0 Å². The van der Waals surface area contributed by atoms with Gasteiger partial charge in [0.1, 0.15) is 0 Å². The molecule has 3 N–H and O–H groups in total. The van der Waals surface area contributed by atoms with E-state index in [9.17, 15) is 14.7 Å². The van der Waals surface area contributed by atoms with Crippen LogP contribution in [0.5, 0.6) is 11.5 Å². The molecule has 2 aromatic carbocycles. The Kier molecular flexibility index (Phi) is 7.13. The zero-order valence-electron chi connectivity index (χ0n) is 17.2. The minimum Gasteiger partial charge on any atom is -0.493 e. The summed E-state index contributed by atoms with van der Waals surface area (Å²) in [5.74, 6) is 1.01.